The summed E-state index contributed by atoms with van der Waals surface area (Å²) in [5.41, 5.74) is 0.943. The van der Waals surface area contributed by atoms with Crippen LogP contribution in [0.2, 0.25) is 0 Å². The van der Waals surface area contributed by atoms with Crippen LogP contribution in [0.3, 0.4) is 0 Å². The number of fused-ring (bicyclic) bond motifs is 1. The molecule has 0 saturated carbocycles. The molecule has 162 valence electrons. The predicted octanol–water partition coefficient (Wildman–Crippen LogP) is 2.33. The van der Waals surface area contributed by atoms with Crippen LogP contribution in [0, 0.1) is 6.92 Å². The summed E-state index contributed by atoms with van der Waals surface area (Å²) in [4.78, 5) is 54.2. The lowest BCUT2D eigenvalue weighted by atomic mass is 10.1. The molecule has 0 spiro atoms. The third-order valence-corrected chi connectivity index (χ3v) is 5.83. The molecule has 9 nitrogen and oxygen atoms in total. The van der Waals surface area contributed by atoms with Gasteiger partial charge in [0.1, 0.15) is 5.00 Å². The van der Waals surface area contributed by atoms with Crippen LogP contribution in [-0.2, 0) is 16.1 Å². The Hall–Kier alpha value is -3.53. The molecule has 0 atom stereocenters. The Morgan fingerprint density at radius 1 is 1.23 bits per heavy atom. The van der Waals surface area contributed by atoms with E-state index in [0.717, 1.165) is 11.3 Å². The van der Waals surface area contributed by atoms with Crippen LogP contribution >= 0.6 is 11.3 Å². The highest BCUT2D eigenvalue weighted by atomic mass is 32.1. The number of amides is 2. The van der Waals surface area contributed by atoms with Gasteiger partial charge in [0.25, 0.3) is 11.5 Å². The minimum atomic E-state index is -0.614. The zero-order valence-corrected chi connectivity index (χ0v) is 18.2. The molecule has 0 aliphatic carbocycles. The molecule has 0 aliphatic rings. The SMILES string of the molecule is CCOC(=O)c1c(NC(=O)CCn2cnc3ccccc3c2=O)sc(C(=O)NC)c1C. The van der Waals surface area contributed by atoms with Crippen molar-refractivity contribution in [2.45, 2.75) is 26.8 Å². The number of rotatable bonds is 7. The highest BCUT2D eigenvalue weighted by Gasteiger charge is 2.26. The van der Waals surface area contributed by atoms with E-state index in [2.05, 4.69) is 15.6 Å². The van der Waals surface area contributed by atoms with Gasteiger partial charge in [0, 0.05) is 20.0 Å². The molecule has 0 aliphatic heterocycles. The van der Waals surface area contributed by atoms with Crippen LogP contribution in [0.4, 0.5) is 5.00 Å². The van der Waals surface area contributed by atoms with Crippen molar-refractivity contribution in [2.24, 2.45) is 0 Å². The highest BCUT2D eigenvalue weighted by molar-refractivity contribution is 7.18. The third-order valence-electron chi connectivity index (χ3n) is 4.62. The zero-order valence-electron chi connectivity index (χ0n) is 17.4. The van der Waals surface area contributed by atoms with Gasteiger partial charge in [-0.05, 0) is 31.5 Å². The molecular formula is C21H22N4O5S. The maximum atomic E-state index is 12.6. The van der Waals surface area contributed by atoms with E-state index in [-0.39, 0.29) is 41.6 Å². The van der Waals surface area contributed by atoms with Crippen LogP contribution < -0.4 is 16.2 Å². The first-order chi connectivity index (χ1) is 14.9. The van der Waals surface area contributed by atoms with Crippen molar-refractivity contribution in [3.05, 3.63) is 57.0 Å². The number of nitrogens with zero attached hydrogens (tertiary/aromatic N) is 2. The fraction of sp³-hybridized carbons (Fsp3) is 0.286. The van der Waals surface area contributed by atoms with Crippen LogP contribution in [0.5, 0.6) is 0 Å². The molecule has 2 aromatic heterocycles. The standard InChI is InChI=1S/C21H22N4O5S/c1-4-30-21(29)16-12(2)17(18(27)22-3)31-19(16)24-15(26)9-10-25-11-23-14-8-6-5-7-13(14)20(25)28/h5-8,11H,4,9-10H2,1-3H3,(H,22,27)(H,24,26). The molecule has 2 heterocycles. The molecule has 1 aromatic carbocycles. The summed E-state index contributed by atoms with van der Waals surface area (Å²) in [5, 5.41) is 5.91. The first-order valence-corrected chi connectivity index (χ1v) is 10.5. The molecule has 3 aromatic rings. The van der Waals surface area contributed by atoms with Gasteiger partial charge < -0.3 is 15.4 Å². The summed E-state index contributed by atoms with van der Waals surface area (Å²) in [6, 6.07) is 6.97. The Morgan fingerprint density at radius 3 is 2.68 bits per heavy atom. The molecule has 3 rings (SSSR count). The molecule has 2 N–H and O–H groups in total. The van der Waals surface area contributed by atoms with E-state index in [4.69, 9.17) is 4.74 Å². The molecular weight excluding hydrogens is 420 g/mol. The maximum Gasteiger partial charge on any atom is 0.341 e. The number of anilines is 1. The van der Waals surface area contributed by atoms with Crippen molar-refractivity contribution in [3.8, 4) is 0 Å². The van der Waals surface area contributed by atoms with Crippen LogP contribution in [0.25, 0.3) is 10.9 Å². The average molecular weight is 442 g/mol. The fourth-order valence-electron chi connectivity index (χ4n) is 3.06. The van der Waals surface area contributed by atoms with Gasteiger partial charge in [-0.15, -0.1) is 11.3 Å². The number of aryl methyl sites for hydroxylation is 1. The van der Waals surface area contributed by atoms with E-state index >= 15 is 0 Å². The number of hydrogen-bond donors (Lipinski definition) is 2. The number of thiophene rings is 1. The van der Waals surface area contributed by atoms with Crippen molar-refractivity contribution in [1.82, 2.24) is 14.9 Å². The van der Waals surface area contributed by atoms with E-state index in [1.807, 2.05) is 0 Å². The molecule has 0 bridgehead atoms. The molecule has 31 heavy (non-hydrogen) atoms. The lowest BCUT2D eigenvalue weighted by Gasteiger charge is -2.08. The summed E-state index contributed by atoms with van der Waals surface area (Å²) in [5.74, 6) is -1.38. The van der Waals surface area contributed by atoms with Gasteiger partial charge in [-0.3, -0.25) is 19.0 Å². The van der Waals surface area contributed by atoms with Crippen molar-refractivity contribution in [2.75, 3.05) is 19.0 Å². The van der Waals surface area contributed by atoms with E-state index in [9.17, 15) is 19.2 Å². The van der Waals surface area contributed by atoms with Crippen LogP contribution in [-0.4, -0.2) is 41.0 Å². The van der Waals surface area contributed by atoms with Crippen LogP contribution in [0.1, 0.15) is 38.9 Å². The van der Waals surface area contributed by atoms with Gasteiger partial charge >= 0.3 is 5.97 Å². The fourth-order valence-corrected chi connectivity index (χ4v) is 4.21. The van der Waals surface area contributed by atoms with Gasteiger partial charge in [0.2, 0.25) is 5.91 Å². The number of esters is 1. The van der Waals surface area contributed by atoms with Crippen molar-refractivity contribution < 1.29 is 19.1 Å². The van der Waals surface area contributed by atoms with Gasteiger partial charge in [0.15, 0.2) is 0 Å². The largest absolute Gasteiger partial charge is 0.462 e. The molecule has 0 radical (unpaired) electrons. The minimum absolute atomic E-state index is 0.0194. The van der Waals surface area contributed by atoms with E-state index < -0.39 is 11.9 Å². The van der Waals surface area contributed by atoms with Crippen molar-refractivity contribution in [1.29, 1.82) is 0 Å². The van der Waals surface area contributed by atoms with Crippen LogP contribution in [0.15, 0.2) is 35.4 Å². The second kappa shape index (κ2) is 9.52. The molecule has 0 unspecified atom stereocenters. The number of benzene rings is 1. The second-order valence-corrected chi connectivity index (χ2v) is 7.64. The van der Waals surface area contributed by atoms with Crippen molar-refractivity contribution in [3.63, 3.8) is 0 Å². The maximum absolute atomic E-state index is 12.6. The summed E-state index contributed by atoms with van der Waals surface area (Å²) in [6.07, 6.45) is 1.38. The number of nitrogens with one attached hydrogen (secondary N) is 2. The molecule has 0 fully saturated rings. The zero-order chi connectivity index (χ0) is 22.5. The molecule has 0 saturated heterocycles. The normalized spacial score (nSPS) is 10.7. The highest BCUT2D eigenvalue weighted by Crippen LogP contribution is 2.33. The summed E-state index contributed by atoms with van der Waals surface area (Å²) in [7, 11) is 1.49. The number of aromatic nitrogens is 2. The Morgan fingerprint density at radius 2 is 1.97 bits per heavy atom. The Balaban J connectivity index is 1.80. The molecule has 2 amide bonds. The quantitative estimate of drug-likeness (QED) is 0.542. The number of carbonyl (C=O) groups excluding carboxylic acids is 3. The Labute approximate surface area is 182 Å². The lowest BCUT2D eigenvalue weighted by Crippen LogP contribution is -2.23. The summed E-state index contributed by atoms with van der Waals surface area (Å²) >= 11 is 1.00. The van der Waals surface area contributed by atoms with Crippen molar-refractivity contribution >= 4 is 45.0 Å². The number of hydrogen-bond acceptors (Lipinski definition) is 7. The smallest absolute Gasteiger partial charge is 0.341 e. The third kappa shape index (κ3) is 4.64. The van der Waals surface area contributed by atoms with Gasteiger partial charge in [-0.1, -0.05) is 12.1 Å². The lowest BCUT2D eigenvalue weighted by molar-refractivity contribution is -0.116. The summed E-state index contributed by atoms with van der Waals surface area (Å²) in [6.45, 7) is 3.58. The van der Waals surface area contributed by atoms with Gasteiger partial charge in [-0.2, -0.15) is 0 Å². The first-order valence-electron chi connectivity index (χ1n) is 9.64. The monoisotopic (exact) mass is 442 g/mol. The average Bonchev–Trinajstić information content (AvgIpc) is 3.08. The Bertz CT molecular complexity index is 1210. The first kappa shape index (κ1) is 22.2. The number of para-hydroxylation sites is 1. The van der Waals surface area contributed by atoms with Gasteiger partial charge in [-0.25, -0.2) is 9.78 Å². The second-order valence-electron chi connectivity index (χ2n) is 6.62. The van der Waals surface area contributed by atoms with E-state index in [1.165, 1.54) is 17.9 Å². The Kier molecular flexibility index (Phi) is 6.81. The number of ether oxygens (including phenoxy) is 1. The predicted molar refractivity (Wildman–Crippen MR) is 118 cm³/mol. The van der Waals surface area contributed by atoms with E-state index in [0.29, 0.717) is 21.3 Å². The minimum Gasteiger partial charge on any atom is -0.462 e. The topological polar surface area (TPSA) is 119 Å². The summed E-state index contributed by atoms with van der Waals surface area (Å²) < 4.78 is 6.44. The molecule has 10 heteroatoms. The number of carbonyl (C=O) groups is 3. The van der Waals surface area contributed by atoms with E-state index in [1.54, 1.807) is 38.1 Å². The van der Waals surface area contributed by atoms with Gasteiger partial charge in [0.05, 0.1) is 34.3 Å².